The highest BCUT2D eigenvalue weighted by Crippen LogP contribution is 2.19. The second kappa shape index (κ2) is 6.77. The van der Waals surface area contributed by atoms with E-state index in [9.17, 15) is 0 Å². The molecule has 1 aromatic rings. The van der Waals surface area contributed by atoms with Gasteiger partial charge in [-0.05, 0) is 24.6 Å². The minimum Gasteiger partial charge on any atom is -0.399 e. The maximum Gasteiger partial charge on any atom is 0.101 e. The third-order valence-electron chi connectivity index (χ3n) is 2.53. The number of hydrogen-bond acceptors (Lipinski definition) is 4. The molecule has 0 aliphatic heterocycles. The molecule has 0 aliphatic rings. The molecule has 0 bridgehead atoms. The molecule has 0 aliphatic carbocycles. The van der Waals surface area contributed by atoms with Crippen LogP contribution in [-0.2, 0) is 4.74 Å². The molecule has 0 radical (unpaired) electrons. The lowest BCUT2D eigenvalue weighted by atomic mass is 10.1. The number of ether oxygens (including phenoxy) is 1. The third-order valence-corrected chi connectivity index (χ3v) is 2.53. The van der Waals surface area contributed by atoms with Crippen LogP contribution in [0.4, 0.5) is 11.4 Å². The van der Waals surface area contributed by atoms with Crippen molar-refractivity contribution >= 4 is 11.4 Å². The van der Waals surface area contributed by atoms with Crippen LogP contribution in [0, 0.1) is 11.3 Å². The quantitative estimate of drug-likeness (QED) is 0.740. The van der Waals surface area contributed by atoms with Gasteiger partial charge in [0.1, 0.15) is 6.07 Å². The summed E-state index contributed by atoms with van der Waals surface area (Å²) >= 11 is 0. The molecule has 0 heterocycles. The standard InChI is InChI=1S/C13H19N3O/c1-3-4-12(9-17-2)16-13-6-5-11(15)7-10(13)8-14/h5-7,12,16H,3-4,9,15H2,1-2H3. The van der Waals surface area contributed by atoms with Crippen LogP contribution in [0.3, 0.4) is 0 Å². The molecule has 0 spiro atoms. The Labute approximate surface area is 102 Å². The Morgan fingerprint density at radius 1 is 1.53 bits per heavy atom. The molecule has 0 fully saturated rings. The van der Waals surface area contributed by atoms with Crippen LogP contribution < -0.4 is 11.1 Å². The van der Waals surface area contributed by atoms with Gasteiger partial charge < -0.3 is 15.8 Å². The van der Waals surface area contributed by atoms with E-state index in [1.807, 2.05) is 6.07 Å². The van der Waals surface area contributed by atoms with Crippen molar-refractivity contribution in [1.29, 1.82) is 5.26 Å². The van der Waals surface area contributed by atoms with Gasteiger partial charge in [0, 0.05) is 18.8 Å². The normalized spacial score (nSPS) is 11.8. The Bertz CT molecular complexity index is 392. The summed E-state index contributed by atoms with van der Waals surface area (Å²) in [6.45, 7) is 2.75. The number of rotatable bonds is 6. The lowest BCUT2D eigenvalue weighted by molar-refractivity contribution is 0.182. The van der Waals surface area contributed by atoms with Crippen molar-refractivity contribution in [3.8, 4) is 6.07 Å². The van der Waals surface area contributed by atoms with Crippen molar-refractivity contribution in [3.05, 3.63) is 23.8 Å². The Morgan fingerprint density at radius 3 is 2.88 bits per heavy atom. The predicted octanol–water partition coefficient (Wildman–Crippen LogP) is 2.37. The van der Waals surface area contributed by atoms with Crippen LogP contribution in [0.15, 0.2) is 18.2 Å². The smallest absolute Gasteiger partial charge is 0.101 e. The molecule has 4 nitrogen and oxygen atoms in total. The molecule has 3 N–H and O–H groups in total. The SMILES string of the molecule is CCCC(COC)Nc1ccc(N)cc1C#N. The fourth-order valence-electron chi connectivity index (χ4n) is 1.75. The Morgan fingerprint density at radius 2 is 2.29 bits per heavy atom. The molecule has 1 rings (SSSR count). The van der Waals surface area contributed by atoms with E-state index >= 15 is 0 Å². The first-order chi connectivity index (χ1) is 8.21. The van der Waals surface area contributed by atoms with Crippen molar-refractivity contribution in [2.45, 2.75) is 25.8 Å². The number of nitrogen functional groups attached to an aromatic ring is 1. The van der Waals surface area contributed by atoms with Crippen molar-refractivity contribution in [2.75, 3.05) is 24.8 Å². The molecule has 17 heavy (non-hydrogen) atoms. The second-order valence-electron chi connectivity index (χ2n) is 4.00. The van der Waals surface area contributed by atoms with E-state index in [2.05, 4.69) is 18.3 Å². The Balaban J connectivity index is 2.81. The van der Waals surface area contributed by atoms with Gasteiger partial charge in [-0.2, -0.15) is 5.26 Å². The van der Waals surface area contributed by atoms with Crippen molar-refractivity contribution in [1.82, 2.24) is 0 Å². The van der Waals surface area contributed by atoms with E-state index in [4.69, 9.17) is 15.7 Å². The van der Waals surface area contributed by atoms with Crippen LogP contribution in [0.2, 0.25) is 0 Å². The lowest BCUT2D eigenvalue weighted by Gasteiger charge is -2.19. The van der Waals surface area contributed by atoms with Gasteiger partial charge in [-0.25, -0.2) is 0 Å². The summed E-state index contributed by atoms with van der Waals surface area (Å²) in [7, 11) is 1.68. The van der Waals surface area contributed by atoms with E-state index in [0.29, 0.717) is 17.9 Å². The van der Waals surface area contributed by atoms with Crippen LogP contribution in [0.1, 0.15) is 25.3 Å². The molecule has 0 aromatic heterocycles. The third kappa shape index (κ3) is 3.97. The molecule has 1 aromatic carbocycles. The summed E-state index contributed by atoms with van der Waals surface area (Å²) < 4.78 is 5.16. The van der Waals surface area contributed by atoms with E-state index in [1.165, 1.54) is 0 Å². The number of nitrogens with two attached hydrogens (primary N) is 1. The molecule has 0 saturated heterocycles. The molecular formula is C13H19N3O. The topological polar surface area (TPSA) is 71.1 Å². The molecule has 0 saturated carbocycles. The van der Waals surface area contributed by atoms with Gasteiger partial charge in [0.25, 0.3) is 0 Å². The van der Waals surface area contributed by atoms with E-state index < -0.39 is 0 Å². The van der Waals surface area contributed by atoms with Crippen LogP contribution in [0.25, 0.3) is 0 Å². The first-order valence-corrected chi connectivity index (χ1v) is 5.76. The van der Waals surface area contributed by atoms with Crippen molar-refractivity contribution < 1.29 is 4.74 Å². The van der Waals surface area contributed by atoms with Gasteiger partial charge in [0.05, 0.1) is 17.9 Å². The van der Waals surface area contributed by atoms with Crippen LogP contribution in [0.5, 0.6) is 0 Å². The zero-order valence-corrected chi connectivity index (χ0v) is 10.4. The van der Waals surface area contributed by atoms with E-state index in [-0.39, 0.29) is 6.04 Å². The zero-order valence-electron chi connectivity index (χ0n) is 10.4. The van der Waals surface area contributed by atoms with Gasteiger partial charge >= 0.3 is 0 Å². The molecule has 0 amide bonds. The lowest BCUT2D eigenvalue weighted by Crippen LogP contribution is -2.25. The summed E-state index contributed by atoms with van der Waals surface area (Å²) in [5, 5.41) is 12.4. The van der Waals surface area contributed by atoms with E-state index in [1.54, 1.807) is 19.2 Å². The summed E-state index contributed by atoms with van der Waals surface area (Å²) in [5.74, 6) is 0. The summed E-state index contributed by atoms with van der Waals surface area (Å²) in [5.41, 5.74) is 7.64. The fourth-order valence-corrected chi connectivity index (χ4v) is 1.75. The van der Waals surface area contributed by atoms with Crippen LogP contribution in [-0.4, -0.2) is 19.8 Å². The molecular weight excluding hydrogens is 214 g/mol. The Hall–Kier alpha value is -1.73. The number of nitrogens with zero attached hydrogens (tertiary/aromatic N) is 1. The average Bonchev–Trinajstić information content (AvgIpc) is 2.32. The minimum atomic E-state index is 0.223. The van der Waals surface area contributed by atoms with Gasteiger partial charge in [0.15, 0.2) is 0 Å². The second-order valence-corrected chi connectivity index (χ2v) is 4.00. The maximum atomic E-state index is 9.04. The highest BCUT2D eigenvalue weighted by atomic mass is 16.5. The molecule has 92 valence electrons. The molecule has 4 heteroatoms. The number of hydrogen-bond donors (Lipinski definition) is 2. The monoisotopic (exact) mass is 233 g/mol. The first-order valence-electron chi connectivity index (χ1n) is 5.76. The minimum absolute atomic E-state index is 0.223. The summed E-state index contributed by atoms with van der Waals surface area (Å²) in [6, 6.07) is 7.67. The summed E-state index contributed by atoms with van der Waals surface area (Å²) in [6.07, 6.45) is 2.07. The Kier molecular flexibility index (Phi) is 5.31. The van der Waals surface area contributed by atoms with E-state index in [0.717, 1.165) is 18.5 Å². The number of anilines is 2. The van der Waals surface area contributed by atoms with Gasteiger partial charge in [0.2, 0.25) is 0 Å². The fraction of sp³-hybridized carbons (Fsp3) is 0.462. The number of nitrogens with one attached hydrogen (secondary N) is 1. The average molecular weight is 233 g/mol. The van der Waals surface area contributed by atoms with Gasteiger partial charge in [-0.15, -0.1) is 0 Å². The van der Waals surface area contributed by atoms with Gasteiger partial charge in [-0.3, -0.25) is 0 Å². The maximum absolute atomic E-state index is 9.04. The van der Waals surface area contributed by atoms with Crippen LogP contribution >= 0.6 is 0 Å². The zero-order chi connectivity index (χ0) is 12.7. The molecule has 1 atom stereocenters. The summed E-state index contributed by atoms with van der Waals surface area (Å²) in [4.78, 5) is 0. The van der Waals surface area contributed by atoms with Gasteiger partial charge in [-0.1, -0.05) is 13.3 Å². The molecule has 1 unspecified atom stereocenters. The number of nitriles is 1. The van der Waals surface area contributed by atoms with Crippen molar-refractivity contribution in [3.63, 3.8) is 0 Å². The highest BCUT2D eigenvalue weighted by Gasteiger charge is 2.10. The first kappa shape index (κ1) is 13.3. The predicted molar refractivity (Wildman–Crippen MR) is 69.8 cm³/mol. The largest absolute Gasteiger partial charge is 0.399 e. The van der Waals surface area contributed by atoms with Crippen molar-refractivity contribution in [2.24, 2.45) is 0 Å². The number of methoxy groups -OCH3 is 1. The number of benzene rings is 1. The highest BCUT2D eigenvalue weighted by molar-refractivity contribution is 5.63.